The van der Waals surface area contributed by atoms with Gasteiger partial charge in [-0.2, -0.15) is 14.9 Å². The number of nitrogens with zero attached hydrogens (tertiary/aromatic N) is 3. The standard InChI is InChI=1S/C17H14N4O2S/c1-11-6-8-12(9-7-11)15-19-20-17(24)21(15)18-10-13-4-2-3-5-14(13)16(22)23/h2-10H,1H3,(H,20,24)(H,22,23)/p-1/b18-10-. The molecule has 1 heterocycles. The van der Waals surface area contributed by atoms with Crippen LogP contribution in [0.15, 0.2) is 53.6 Å². The van der Waals surface area contributed by atoms with Gasteiger partial charge in [-0.3, -0.25) is 0 Å². The van der Waals surface area contributed by atoms with Crippen LogP contribution in [-0.4, -0.2) is 27.1 Å². The van der Waals surface area contributed by atoms with E-state index in [9.17, 15) is 9.90 Å². The van der Waals surface area contributed by atoms with Crippen molar-refractivity contribution in [2.24, 2.45) is 5.10 Å². The predicted molar refractivity (Wildman–Crippen MR) is 91.3 cm³/mol. The van der Waals surface area contributed by atoms with Crippen LogP contribution < -0.4 is 5.11 Å². The average molecular weight is 337 g/mol. The van der Waals surface area contributed by atoms with E-state index in [1.54, 1.807) is 18.2 Å². The molecule has 2 aromatic carbocycles. The number of hydrogen-bond acceptors (Lipinski definition) is 5. The van der Waals surface area contributed by atoms with Gasteiger partial charge < -0.3 is 9.90 Å². The molecule has 24 heavy (non-hydrogen) atoms. The van der Waals surface area contributed by atoms with Crippen LogP contribution in [0.5, 0.6) is 0 Å². The van der Waals surface area contributed by atoms with Crippen molar-refractivity contribution in [3.05, 3.63) is 70.0 Å². The van der Waals surface area contributed by atoms with E-state index in [0.29, 0.717) is 16.2 Å². The lowest BCUT2D eigenvalue weighted by molar-refractivity contribution is -0.255. The number of benzene rings is 2. The highest BCUT2D eigenvalue weighted by Gasteiger charge is 2.08. The summed E-state index contributed by atoms with van der Waals surface area (Å²) < 4.78 is 1.76. The summed E-state index contributed by atoms with van der Waals surface area (Å²) in [6.07, 6.45) is 1.42. The quantitative estimate of drug-likeness (QED) is 0.584. The van der Waals surface area contributed by atoms with Gasteiger partial charge in [0.2, 0.25) is 4.77 Å². The van der Waals surface area contributed by atoms with Gasteiger partial charge >= 0.3 is 0 Å². The molecule has 1 aromatic heterocycles. The lowest BCUT2D eigenvalue weighted by atomic mass is 10.1. The highest BCUT2D eigenvalue weighted by atomic mass is 32.1. The molecule has 0 bridgehead atoms. The SMILES string of the molecule is Cc1ccc(-c2n[nH]c(=S)n2/N=C\c2ccccc2C(=O)[O-])cc1. The number of aromatic nitrogens is 3. The van der Waals surface area contributed by atoms with Gasteiger partial charge in [0.05, 0.1) is 12.2 Å². The highest BCUT2D eigenvalue weighted by molar-refractivity contribution is 7.71. The first-order valence-corrected chi connectivity index (χ1v) is 7.56. The first-order chi connectivity index (χ1) is 11.6. The summed E-state index contributed by atoms with van der Waals surface area (Å²) in [5, 5.41) is 22.3. The fraction of sp³-hybridized carbons (Fsp3) is 0.0588. The number of nitrogens with one attached hydrogen (secondary N) is 1. The van der Waals surface area contributed by atoms with Crippen molar-refractivity contribution in [3.63, 3.8) is 0 Å². The Labute approximate surface area is 143 Å². The Morgan fingerprint density at radius 1 is 1.25 bits per heavy atom. The van der Waals surface area contributed by atoms with E-state index in [0.717, 1.165) is 11.1 Å². The Morgan fingerprint density at radius 2 is 1.96 bits per heavy atom. The van der Waals surface area contributed by atoms with Crippen LogP contribution in [-0.2, 0) is 0 Å². The molecule has 120 valence electrons. The van der Waals surface area contributed by atoms with E-state index in [1.165, 1.54) is 17.0 Å². The lowest BCUT2D eigenvalue weighted by Crippen LogP contribution is -2.23. The van der Waals surface area contributed by atoms with Gasteiger partial charge in [-0.1, -0.05) is 54.1 Å². The van der Waals surface area contributed by atoms with Crippen molar-refractivity contribution < 1.29 is 9.90 Å². The summed E-state index contributed by atoms with van der Waals surface area (Å²) in [6, 6.07) is 14.2. The van der Waals surface area contributed by atoms with Crippen LogP contribution in [0, 0.1) is 11.7 Å². The van der Waals surface area contributed by atoms with Gasteiger partial charge in [0.15, 0.2) is 5.82 Å². The molecule has 3 aromatic rings. The number of carboxylic acids is 1. The second-order valence-corrected chi connectivity index (χ2v) is 5.54. The third-order valence-corrected chi connectivity index (χ3v) is 3.72. The molecule has 0 atom stereocenters. The number of aromatic carboxylic acids is 1. The second kappa shape index (κ2) is 6.59. The van der Waals surface area contributed by atoms with E-state index in [-0.39, 0.29) is 5.56 Å². The van der Waals surface area contributed by atoms with Gasteiger partial charge in [0.1, 0.15) is 0 Å². The normalized spacial score (nSPS) is 11.0. The summed E-state index contributed by atoms with van der Waals surface area (Å²) in [5.74, 6) is -0.714. The fourth-order valence-corrected chi connectivity index (χ4v) is 2.38. The molecule has 0 amide bonds. The number of H-pyrrole nitrogens is 1. The van der Waals surface area contributed by atoms with E-state index in [1.807, 2.05) is 31.2 Å². The summed E-state index contributed by atoms with van der Waals surface area (Å²) >= 11 is 5.20. The second-order valence-electron chi connectivity index (χ2n) is 5.15. The van der Waals surface area contributed by atoms with Crippen LogP contribution >= 0.6 is 12.2 Å². The minimum atomic E-state index is -1.26. The maximum atomic E-state index is 11.2. The Hall–Kier alpha value is -3.06. The van der Waals surface area contributed by atoms with E-state index in [4.69, 9.17) is 12.2 Å². The van der Waals surface area contributed by atoms with Crippen molar-refractivity contribution in [2.45, 2.75) is 6.92 Å². The molecule has 3 rings (SSSR count). The molecule has 1 N–H and O–H groups in total. The summed E-state index contributed by atoms with van der Waals surface area (Å²) in [4.78, 5) is 11.2. The topological polar surface area (TPSA) is 86.1 Å². The van der Waals surface area contributed by atoms with Gasteiger partial charge in [-0.05, 0) is 19.1 Å². The van der Waals surface area contributed by atoms with Crippen molar-refractivity contribution >= 4 is 24.4 Å². The first kappa shape index (κ1) is 15.8. The van der Waals surface area contributed by atoms with E-state index in [2.05, 4.69) is 15.3 Å². The number of carbonyl (C=O) groups is 1. The molecule has 0 saturated heterocycles. The molecule has 0 fully saturated rings. The number of carbonyl (C=O) groups excluding carboxylic acids is 1. The Balaban J connectivity index is 2.03. The number of aromatic amines is 1. The molecule has 0 aliphatic rings. The van der Waals surface area contributed by atoms with Crippen molar-refractivity contribution in [2.75, 3.05) is 0 Å². The molecule has 0 aliphatic carbocycles. The molecule has 0 spiro atoms. The monoisotopic (exact) mass is 337 g/mol. The maximum Gasteiger partial charge on any atom is 0.216 e. The number of hydrogen-bond donors (Lipinski definition) is 1. The summed E-state index contributed by atoms with van der Waals surface area (Å²) in [7, 11) is 0. The van der Waals surface area contributed by atoms with Crippen molar-refractivity contribution in [1.82, 2.24) is 14.9 Å². The van der Waals surface area contributed by atoms with Crippen molar-refractivity contribution in [3.8, 4) is 11.4 Å². The third kappa shape index (κ3) is 3.16. The molecule has 0 radical (unpaired) electrons. The molecule has 0 aliphatic heterocycles. The Bertz CT molecular complexity index is 971. The number of rotatable bonds is 4. The zero-order valence-corrected chi connectivity index (χ0v) is 13.6. The Kier molecular flexibility index (Phi) is 4.35. The smallest absolute Gasteiger partial charge is 0.216 e. The first-order valence-electron chi connectivity index (χ1n) is 7.15. The molecule has 0 saturated carbocycles. The maximum absolute atomic E-state index is 11.2. The zero-order chi connectivity index (χ0) is 17.1. The molecular formula is C17H13N4O2S-. The summed E-state index contributed by atoms with van der Waals surface area (Å²) in [5.41, 5.74) is 2.47. The van der Waals surface area contributed by atoms with E-state index < -0.39 is 5.97 Å². The largest absolute Gasteiger partial charge is 0.545 e. The average Bonchev–Trinajstić information content (AvgIpc) is 2.94. The van der Waals surface area contributed by atoms with Crippen LogP contribution in [0.2, 0.25) is 0 Å². The minimum absolute atomic E-state index is 0.0631. The molecule has 0 unspecified atom stereocenters. The Morgan fingerprint density at radius 3 is 2.67 bits per heavy atom. The third-order valence-electron chi connectivity index (χ3n) is 3.45. The van der Waals surface area contributed by atoms with Crippen LogP contribution in [0.1, 0.15) is 21.5 Å². The summed E-state index contributed by atoms with van der Waals surface area (Å²) in [6.45, 7) is 2.00. The van der Waals surface area contributed by atoms with Gasteiger partial charge in [0, 0.05) is 16.7 Å². The number of aryl methyl sites for hydroxylation is 1. The van der Waals surface area contributed by atoms with Crippen LogP contribution in [0.3, 0.4) is 0 Å². The molecule has 6 nitrogen and oxygen atoms in total. The van der Waals surface area contributed by atoms with Gasteiger partial charge in [0.25, 0.3) is 0 Å². The van der Waals surface area contributed by atoms with Gasteiger partial charge in [-0.15, -0.1) is 0 Å². The minimum Gasteiger partial charge on any atom is -0.545 e. The van der Waals surface area contributed by atoms with Gasteiger partial charge in [-0.25, -0.2) is 5.10 Å². The van der Waals surface area contributed by atoms with Crippen LogP contribution in [0.4, 0.5) is 0 Å². The number of carboxylic acid groups (broad SMARTS) is 1. The van der Waals surface area contributed by atoms with Crippen LogP contribution in [0.25, 0.3) is 11.4 Å². The molecular weight excluding hydrogens is 324 g/mol. The highest BCUT2D eigenvalue weighted by Crippen LogP contribution is 2.18. The fourth-order valence-electron chi connectivity index (χ4n) is 2.20. The van der Waals surface area contributed by atoms with Crippen molar-refractivity contribution in [1.29, 1.82) is 0 Å². The zero-order valence-electron chi connectivity index (χ0n) is 12.8. The predicted octanol–water partition coefficient (Wildman–Crippen LogP) is 2.16. The molecule has 7 heteroatoms. The van der Waals surface area contributed by atoms with E-state index >= 15 is 0 Å². The lowest BCUT2D eigenvalue weighted by Gasteiger charge is -2.06.